The number of rotatable bonds is 4. The highest BCUT2D eigenvalue weighted by molar-refractivity contribution is 5.89. The van der Waals surface area contributed by atoms with E-state index in [1.807, 2.05) is 0 Å². The molecule has 1 atom stereocenters. The van der Waals surface area contributed by atoms with Crippen molar-refractivity contribution in [3.8, 4) is 0 Å². The van der Waals surface area contributed by atoms with Crippen molar-refractivity contribution in [1.29, 1.82) is 0 Å². The van der Waals surface area contributed by atoms with E-state index >= 15 is 0 Å². The molecule has 16 heavy (non-hydrogen) atoms. The maximum absolute atomic E-state index is 11.2. The fourth-order valence-corrected chi connectivity index (χ4v) is 1.27. The first-order valence-electron chi connectivity index (χ1n) is 4.62. The summed E-state index contributed by atoms with van der Waals surface area (Å²) in [7, 11) is 1.25. The maximum Gasteiger partial charge on any atom is 0.337 e. The van der Waals surface area contributed by atoms with Crippen LogP contribution >= 0.6 is 0 Å². The van der Waals surface area contributed by atoms with Crippen LogP contribution in [0, 0.1) is 0 Å². The van der Waals surface area contributed by atoms with Crippen LogP contribution in [0.15, 0.2) is 24.3 Å². The lowest BCUT2D eigenvalue weighted by atomic mass is 10.0. The zero-order chi connectivity index (χ0) is 12.1. The highest BCUT2D eigenvalue weighted by Crippen LogP contribution is 2.18. The molecule has 1 rings (SSSR count). The van der Waals surface area contributed by atoms with Crippen LogP contribution in [0.2, 0.25) is 0 Å². The minimum absolute atomic E-state index is 0.282. The first kappa shape index (κ1) is 12.2. The molecule has 5 nitrogen and oxygen atoms in total. The number of aliphatic carboxylic acids is 1. The Morgan fingerprint density at radius 3 is 2.69 bits per heavy atom. The molecule has 0 fully saturated rings. The zero-order valence-electron chi connectivity index (χ0n) is 8.71. The molecule has 0 saturated heterocycles. The van der Waals surface area contributed by atoms with Crippen molar-refractivity contribution in [2.75, 3.05) is 7.11 Å². The molecule has 0 radical (unpaired) electrons. The van der Waals surface area contributed by atoms with Crippen molar-refractivity contribution in [2.45, 2.75) is 12.5 Å². The average Bonchev–Trinajstić information content (AvgIpc) is 2.27. The Hall–Kier alpha value is -1.88. The van der Waals surface area contributed by atoms with Gasteiger partial charge in [-0.15, -0.1) is 0 Å². The van der Waals surface area contributed by atoms with Gasteiger partial charge in [-0.2, -0.15) is 0 Å². The van der Waals surface area contributed by atoms with Crippen LogP contribution in [0.5, 0.6) is 0 Å². The molecule has 86 valence electrons. The molecule has 1 aromatic rings. The number of esters is 1. The number of benzene rings is 1. The van der Waals surface area contributed by atoms with Crippen LogP contribution in [0.3, 0.4) is 0 Å². The first-order chi connectivity index (χ1) is 7.54. The van der Waals surface area contributed by atoms with Crippen molar-refractivity contribution in [2.24, 2.45) is 0 Å². The van der Waals surface area contributed by atoms with E-state index in [1.54, 1.807) is 12.1 Å². The normalized spacial score (nSPS) is 11.9. The monoisotopic (exact) mass is 224 g/mol. The summed E-state index contributed by atoms with van der Waals surface area (Å²) in [5, 5.41) is 18.1. The molecule has 0 amide bonds. The molecule has 0 unspecified atom stereocenters. The summed E-state index contributed by atoms with van der Waals surface area (Å²) in [6.45, 7) is 0. The average molecular weight is 224 g/mol. The first-order valence-corrected chi connectivity index (χ1v) is 4.62. The van der Waals surface area contributed by atoms with Crippen molar-refractivity contribution < 1.29 is 24.5 Å². The summed E-state index contributed by atoms with van der Waals surface area (Å²) in [4.78, 5) is 21.6. The lowest BCUT2D eigenvalue weighted by molar-refractivity contribution is -0.139. The number of hydrogen-bond donors (Lipinski definition) is 2. The Kier molecular flexibility index (Phi) is 4.02. The number of hydrogen-bond acceptors (Lipinski definition) is 4. The van der Waals surface area contributed by atoms with Crippen LogP contribution in [-0.2, 0) is 9.53 Å². The second-order valence-electron chi connectivity index (χ2n) is 3.23. The highest BCUT2D eigenvalue weighted by atomic mass is 16.5. The molecule has 0 bridgehead atoms. The molecule has 0 aliphatic carbocycles. The van der Waals surface area contributed by atoms with Crippen molar-refractivity contribution in [1.82, 2.24) is 0 Å². The molecular weight excluding hydrogens is 212 g/mol. The summed E-state index contributed by atoms with van der Waals surface area (Å²) in [6.07, 6.45) is -1.52. The van der Waals surface area contributed by atoms with Crippen LogP contribution in [0.1, 0.15) is 28.4 Å². The van der Waals surface area contributed by atoms with Gasteiger partial charge in [-0.25, -0.2) is 4.79 Å². The van der Waals surface area contributed by atoms with Gasteiger partial charge in [0.05, 0.1) is 25.2 Å². The summed E-state index contributed by atoms with van der Waals surface area (Å²) in [5.74, 6) is -1.62. The van der Waals surface area contributed by atoms with E-state index in [0.29, 0.717) is 5.56 Å². The van der Waals surface area contributed by atoms with Gasteiger partial charge in [0.25, 0.3) is 0 Å². The van der Waals surface area contributed by atoms with Gasteiger partial charge in [-0.05, 0) is 17.7 Å². The van der Waals surface area contributed by atoms with Gasteiger partial charge in [-0.1, -0.05) is 12.1 Å². The highest BCUT2D eigenvalue weighted by Gasteiger charge is 2.14. The van der Waals surface area contributed by atoms with Gasteiger partial charge < -0.3 is 14.9 Å². The summed E-state index contributed by atoms with van der Waals surface area (Å²) in [6, 6.07) is 6.06. The predicted octanol–water partition coefficient (Wildman–Crippen LogP) is 0.981. The molecule has 0 spiro atoms. The number of carbonyl (C=O) groups excluding carboxylic acids is 1. The van der Waals surface area contributed by atoms with E-state index in [4.69, 9.17) is 5.11 Å². The van der Waals surface area contributed by atoms with E-state index in [2.05, 4.69) is 4.74 Å². The second-order valence-corrected chi connectivity index (χ2v) is 3.23. The van der Waals surface area contributed by atoms with Crippen molar-refractivity contribution in [3.05, 3.63) is 35.4 Å². The molecule has 2 N–H and O–H groups in total. The third kappa shape index (κ3) is 3.06. The number of ether oxygens (including phenoxy) is 1. The van der Waals surface area contributed by atoms with Gasteiger partial charge in [0.1, 0.15) is 0 Å². The number of carboxylic acid groups (broad SMARTS) is 1. The van der Waals surface area contributed by atoms with Crippen LogP contribution in [-0.4, -0.2) is 29.3 Å². The molecule has 0 aromatic heterocycles. The SMILES string of the molecule is COC(=O)c1cccc([C@H](O)CC(=O)O)c1. The Morgan fingerprint density at radius 1 is 1.44 bits per heavy atom. The molecular formula is C11H12O5. The van der Waals surface area contributed by atoms with Gasteiger partial charge in [-0.3, -0.25) is 4.79 Å². The molecule has 0 aliphatic heterocycles. The minimum atomic E-state index is -1.12. The van der Waals surface area contributed by atoms with E-state index in [1.165, 1.54) is 19.2 Å². The molecule has 0 aliphatic rings. The van der Waals surface area contributed by atoms with E-state index in [0.717, 1.165) is 0 Å². The van der Waals surface area contributed by atoms with Gasteiger partial charge in [0, 0.05) is 0 Å². The Morgan fingerprint density at radius 2 is 2.12 bits per heavy atom. The summed E-state index contributed by atoms with van der Waals surface area (Å²) in [5.41, 5.74) is 0.662. The number of carbonyl (C=O) groups is 2. The number of aliphatic hydroxyl groups excluding tert-OH is 1. The lowest BCUT2D eigenvalue weighted by Crippen LogP contribution is -2.07. The number of methoxy groups -OCH3 is 1. The Balaban J connectivity index is 2.89. The van der Waals surface area contributed by atoms with E-state index < -0.39 is 24.5 Å². The predicted molar refractivity (Wildman–Crippen MR) is 55.0 cm³/mol. The van der Waals surface area contributed by atoms with E-state index in [-0.39, 0.29) is 5.56 Å². The topological polar surface area (TPSA) is 83.8 Å². The fourth-order valence-electron chi connectivity index (χ4n) is 1.27. The molecule has 1 aromatic carbocycles. The smallest absolute Gasteiger partial charge is 0.337 e. The Labute approximate surface area is 92.3 Å². The van der Waals surface area contributed by atoms with Crippen molar-refractivity contribution in [3.63, 3.8) is 0 Å². The molecule has 0 saturated carbocycles. The fraction of sp³-hybridized carbons (Fsp3) is 0.273. The number of carboxylic acids is 1. The largest absolute Gasteiger partial charge is 0.481 e. The van der Waals surface area contributed by atoms with E-state index in [9.17, 15) is 14.7 Å². The minimum Gasteiger partial charge on any atom is -0.481 e. The Bertz CT molecular complexity index is 399. The molecule has 5 heteroatoms. The van der Waals surface area contributed by atoms with Crippen LogP contribution in [0.25, 0.3) is 0 Å². The number of aliphatic hydroxyl groups is 1. The second kappa shape index (κ2) is 5.27. The van der Waals surface area contributed by atoms with Crippen LogP contribution < -0.4 is 0 Å². The third-order valence-corrected chi connectivity index (χ3v) is 2.06. The van der Waals surface area contributed by atoms with Gasteiger partial charge in [0.2, 0.25) is 0 Å². The maximum atomic E-state index is 11.2. The summed E-state index contributed by atoms with van der Waals surface area (Å²) >= 11 is 0. The van der Waals surface area contributed by atoms with Crippen LogP contribution in [0.4, 0.5) is 0 Å². The summed E-state index contributed by atoms with van der Waals surface area (Å²) < 4.78 is 4.52. The molecule has 0 heterocycles. The zero-order valence-corrected chi connectivity index (χ0v) is 8.71. The van der Waals surface area contributed by atoms with Gasteiger partial charge in [0.15, 0.2) is 0 Å². The van der Waals surface area contributed by atoms with Gasteiger partial charge >= 0.3 is 11.9 Å². The lowest BCUT2D eigenvalue weighted by Gasteiger charge is -2.09. The standard InChI is InChI=1S/C11H12O5/c1-16-11(15)8-4-2-3-7(5-8)9(12)6-10(13)14/h2-5,9,12H,6H2,1H3,(H,13,14)/t9-/m1/s1. The quantitative estimate of drug-likeness (QED) is 0.745. The van der Waals surface area contributed by atoms with Crippen molar-refractivity contribution >= 4 is 11.9 Å². The third-order valence-electron chi connectivity index (χ3n) is 2.06.